The summed E-state index contributed by atoms with van der Waals surface area (Å²) >= 11 is 0. The number of nitrogens with two attached hydrogens (primary N) is 1. The lowest BCUT2D eigenvalue weighted by Crippen LogP contribution is -2.25. The molecule has 1 rings (SSSR count). The van der Waals surface area contributed by atoms with Crippen LogP contribution in [0.25, 0.3) is 0 Å². The van der Waals surface area contributed by atoms with Crippen LogP contribution in [0.2, 0.25) is 0 Å². The van der Waals surface area contributed by atoms with Crippen LogP contribution in [-0.2, 0) is 0 Å². The lowest BCUT2D eigenvalue weighted by molar-refractivity contribution is 0.151. The first-order chi connectivity index (χ1) is 6.93. The molecule has 0 aliphatic rings. The molecule has 5 nitrogen and oxygen atoms in total. The van der Waals surface area contributed by atoms with Crippen LogP contribution in [0.3, 0.4) is 0 Å². The molecule has 0 aliphatic heterocycles. The number of hydrogen-bond donors (Lipinski definition) is 2. The maximum absolute atomic E-state index is 12.3. The lowest BCUT2D eigenvalue weighted by atomic mass is 10.2. The fraction of sp³-hybridized carbons (Fsp3) is 0.250. The Morgan fingerprint density at radius 3 is 2.73 bits per heavy atom. The summed E-state index contributed by atoms with van der Waals surface area (Å²) in [5.41, 5.74) is 4.94. The van der Waals surface area contributed by atoms with Crippen molar-refractivity contribution in [2.24, 2.45) is 0 Å². The molecule has 82 valence electrons. The van der Waals surface area contributed by atoms with Crippen LogP contribution in [0.4, 0.5) is 25.1 Å². The summed E-state index contributed by atoms with van der Waals surface area (Å²) in [5.74, 6) is -0.107. The van der Waals surface area contributed by atoms with Crippen LogP contribution in [0.5, 0.6) is 0 Å². The van der Waals surface area contributed by atoms with E-state index in [-0.39, 0.29) is 17.1 Å². The van der Waals surface area contributed by atoms with Crippen molar-refractivity contribution in [3.63, 3.8) is 0 Å². The third-order valence-corrected chi connectivity index (χ3v) is 1.82. The van der Waals surface area contributed by atoms with Crippen LogP contribution in [0, 0.1) is 0 Å². The van der Waals surface area contributed by atoms with E-state index in [1.165, 1.54) is 7.05 Å². The zero-order valence-electron chi connectivity index (χ0n) is 7.82. The minimum absolute atomic E-state index is 0.0553. The molecule has 15 heavy (non-hydrogen) atoms. The Morgan fingerprint density at radius 2 is 2.27 bits per heavy atom. The third-order valence-electron chi connectivity index (χ3n) is 1.82. The normalized spacial score (nSPS) is 10.4. The molecule has 0 atom stereocenters. The Morgan fingerprint density at radius 1 is 1.67 bits per heavy atom. The van der Waals surface area contributed by atoms with Gasteiger partial charge in [0, 0.05) is 18.8 Å². The van der Waals surface area contributed by atoms with Crippen LogP contribution >= 0.6 is 0 Å². The molecule has 0 aliphatic carbocycles. The van der Waals surface area contributed by atoms with E-state index in [1.54, 1.807) is 0 Å². The lowest BCUT2D eigenvalue weighted by Gasteiger charge is -2.15. The zero-order chi connectivity index (χ0) is 11.6. The highest BCUT2D eigenvalue weighted by Crippen LogP contribution is 2.26. The molecule has 0 aromatic carbocycles. The van der Waals surface area contributed by atoms with E-state index >= 15 is 0 Å². The Bertz CT molecular complexity index is 384. The number of halogens is 2. The molecule has 0 spiro atoms. The van der Waals surface area contributed by atoms with Gasteiger partial charge in [-0.15, -0.1) is 0 Å². The first-order valence-electron chi connectivity index (χ1n) is 3.93. The quantitative estimate of drug-likeness (QED) is 0.790. The molecule has 0 fully saturated rings. The van der Waals surface area contributed by atoms with Gasteiger partial charge in [-0.05, 0) is 6.07 Å². The van der Waals surface area contributed by atoms with Crippen LogP contribution in [0.15, 0.2) is 12.3 Å². The number of alkyl halides is 2. The predicted molar refractivity (Wildman–Crippen MR) is 50.0 cm³/mol. The average Bonchev–Trinajstić information content (AvgIpc) is 2.16. The van der Waals surface area contributed by atoms with Gasteiger partial charge in [0.25, 0.3) is 6.43 Å². The van der Waals surface area contributed by atoms with Gasteiger partial charge in [0.1, 0.15) is 5.82 Å². The Labute approximate surface area is 84.1 Å². The maximum Gasteiger partial charge on any atom is 0.411 e. The van der Waals surface area contributed by atoms with E-state index in [4.69, 9.17) is 10.8 Å². The van der Waals surface area contributed by atoms with Crippen molar-refractivity contribution < 1.29 is 18.7 Å². The molecule has 1 aromatic rings. The molecule has 1 amide bonds. The predicted octanol–water partition coefficient (Wildman–Crippen LogP) is 1.72. The summed E-state index contributed by atoms with van der Waals surface area (Å²) in [4.78, 5) is 14.8. The molecule has 0 radical (unpaired) electrons. The highest BCUT2D eigenvalue weighted by molar-refractivity contribution is 5.88. The number of carboxylic acid groups (broad SMARTS) is 1. The highest BCUT2D eigenvalue weighted by Gasteiger charge is 2.16. The van der Waals surface area contributed by atoms with Gasteiger partial charge in [0.05, 0.1) is 5.69 Å². The van der Waals surface area contributed by atoms with E-state index in [2.05, 4.69) is 4.98 Å². The summed E-state index contributed by atoms with van der Waals surface area (Å²) < 4.78 is 24.6. The van der Waals surface area contributed by atoms with Gasteiger partial charge in [-0.1, -0.05) is 0 Å². The van der Waals surface area contributed by atoms with Gasteiger partial charge in [-0.2, -0.15) is 0 Å². The molecule has 1 aromatic heterocycles. The largest absolute Gasteiger partial charge is 0.465 e. The molecule has 7 heteroatoms. The van der Waals surface area contributed by atoms with E-state index in [1.807, 2.05) is 0 Å². The van der Waals surface area contributed by atoms with Gasteiger partial charge in [-0.3, -0.25) is 4.90 Å². The molecule has 0 saturated heterocycles. The fourth-order valence-electron chi connectivity index (χ4n) is 0.970. The molecule has 1 heterocycles. The summed E-state index contributed by atoms with van der Waals surface area (Å²) in [6, 6.07) is 1.00. The van der Waals surface area contributed by atoms with Crippen LogP contribution in [-0.4, -0.2) is 23.2 Å². The van der Waals surface area contributed by atoms with Crippen molar-refractivity contribution in [3.05, 3.63) is 17.8 Å². The number of hydrogen-bond acceptors (Lipinski definition) is 3. The van der Waals surface area contributed by atoms with E-state index < -0.39 is 12.5 Å². The van der Waals surface area contributed by atoms with Gasteiger partial charge < -0.3 is 10.8 Å². The number of amides is 1. The van der Waals surface area contributed by atoms with E-state index in [0.29, 0.717) is 0 Å². The SMILES string of the molecule is CN(C(=O)O)c1cc(C(F)F)cnc1N. The van der Waals surface area contributed by atoms with Gasteiger partial charge in [0.2, 0.25) is 0 Å². The molecular formula is C8H9F2N3O2. The molecule has 0 unspecified atom stereocenters. The fourth-order valence-corrected chi connectivity index (χ4v) is 0.970. The third kappa shape index (κ3) is 2.30. The summed E-state index contributed by atoms with van der Waals surface area (Å²) in [6.07, 6.45) is -3.09. The summed E-state index contributed by atoms with van der Waals surface area (Å²) in [6.45, 7) is 0. The van der Waals surface area contributed by atoms with Crippen molar-refractivity contribution in [1.82, 2.24) is 4.98 Å². The van der Waals surface area contributed by atoms with E-state index in [9.17, 15) is 13.6 Å². The Hall–Kier alpha value is -1.92. The number of carbonyl (C=O) groups is 1. The van der Waals surface area contributed by atoms with Gasteiger partial charge in [-0.25, -0.2) is 18.6 Å². The zero-order valence-corrected chi connectivity index (χ0v) is 7.82. The summed E-state index contributed by atoms with van der Waals surface area (Å²) in [5, 5.41) is 8.64. The second-order valence-electron chi connectivity index (χ2n) is 2.82. The van der Waals surface area contributed by atoms with Crippen molar-refractivity contribution in [2.45, 2.75) is 6.43 Å². The smallest absolute Gasteiger partial charge is 0.411 e. The number of nitrogens with zero attached hydrogens (tertiary/aromatic N) is 2. The van der Waals surface area contributed by atoms with Crippen molar-refractivity contribution in [1.29, 1.82) is 0 Å². The number of anilines is 2. The maximum atomic E-state index is 12.3. The van der Waals surface area contributed by atoms with Crippen LogP contribution in [0.1, 0.15) is 12.0 Å². The van der Waals surface area contributed by atoms with Crippen molar-refractivity contribution in [3.8, 4) is 0 Å². The number of aromatic nitrogens is 1. The second-order valence-corrected chi connectivity index (χ2v) is 2.82. The standard InChI is InChI=1S/C8H9F2N3O2/c1-13(8(14)15)5-2-4(6(9)10)3-12-7(5)11/h2-3,6H,1H3,(H2,11,12)(H,14,15). The van der Waals surface area contributed by atoms with E-state index in [0.717, 1.165) is 17.2 Å². The Kier molecular flexibility index (Phi) is 3.03. The molecule has 0 saturated carbocycles. The summed E-state index contributed by atoms with van der Waals surface area (Å²) in [7, 11) is 1.20. The Balaban J connectivity index is 3.16. The minimum Gasteiger partial charge on any atom is -0.465 e. The minimum atomic E-state index is -2.71. The first kappa shape index (κ1) is 11.2. The second kappa shape index (κ2) is 4.07. The molecule has 3 N–H and O–H groups in total. The monoisotopic (exact) mass is 217 g/mol. The molecule has 0 bridgehead atoms. The number of pyridine rings is 1. The topological polar surface area (TPSA) is 79.5 Å². The first-order valence-corrected chi connectivity index (χ1v) is 3.93. The van der Waals surface area contributed by atoms with Gasteiger partial charge >= 0.3 is 6.09 Å². The number of nitrogen functional groups attached to an aromatic ring is 1. The van der Waals surface area contributed by atoms with Crippen molar-refractivity contribution in [2.75, 3.05) is 17.7 Å². The van der Waals surface area contributed by atoms with Gasteiger partial charge in [0.15, 0.2) is 0 Å². The average molecular weight is 217 g/mol. The molecular weight excluding hydrogens is 208 g/mol. The van der Waals surface area contributed by atoms with Crippen LogP contribution < -0.4 is 10.6 Å². The number of rotatable bonds is 2. The highest BCUT2D eigenvalue weighted by atomic mass is 19.3. The van der Waals surface area contributed by atoms with Crippen molar-refractivity contribution >= 4 is 17.6 Å².